The van der Waals surface area contributed by atoms with Gasteiger partial charge >= 0.3 is 5.97 Å². The van der Waals surface area contributed by atoms with Crippen LogP contribution < -0.4 is 4.74 Å². The Morgan fingerprint density at radius 2 is 2.17 bits per heavy atom. The molecule has 3 rings (SSSR count). The highest BCUT2D eigenvalue weighted by molar-refractivity contribution is 7.13. The highest BCUT2D eigenvalue weighted by Crippen LogP contribution is 2.23. The molecule has 7 nitrogen and oxygen atoms in total. The summed E-state index contributed by atoms with van der Waals surface area (Å²) in [6.07, 6.45) is -0.181. The van der Waals surface area contributed by atoms with E-state index >= 15 is 0 Å². The number of carbonyl (C=O) groups excluding carboxylic acids is 1. The smallest absolute Gasteiger partial charge is 0.347 e. The summed E-state index contributed by atoms with van der Waals surface area (Å²) in [5, 5.41) is 14.6. The van der Waals surface area contributed by atoms with Crippen molar-refractivity contribution in [2.24, 2.45) is 0 Å². The SMILES string of the molecule is CCOC(=O)C(CC)Oc1ccc2nnc(-c3cccs3)n2n1. The van der Waals surface area contributed by atoms with Crippen LogP contribution in [0.25, 0.3) is 16.3 Å². The zero-order chi connectivity index (χ0) is 16.2. The lowest BCUT2D eigenvalue weighted by Gasteiger charge is -2.15. The van der Waals surface area contributed by atoms with E-state index in [9.17, 15) is 4.79 Å². The Bertz CT molecular complexity index is 800. The molecule has 0 spiro atoms. The third-order valence-electron chi connectivity index (χ3n) is 3.16. The van der Waals surface area contributed by atoms with Crippen LogP contribution in [0.1, 0.15) is 20.3 Å². The van der Waals surface area contributed by atoms with Crippen LogP contribution in [0.3, 0.4) is 0 Å². The highest BCUT2D eigenvalue weighted by Gasteiger charge is 2.21. The van der Waals surface area contributed by atoms with Crippen molar-refractivity contribution in [1.82, 2.24) is 19.8 Å². The average Bonchev–Trinajstić information content (AvgIpc) is 3.21. The van der Waals surface area contributed by atoms with Crippen molar-refractivity contribution < 1.29 is 14.3 Å². The first-order valence-electron chi connectivity index (χ1n) is 7.32. The second-order valence-corrected chi connectivity index (χ2v) is 5.66. The van der Waals surface area contributed by atoms with Crippen LogP contribution >= 0.6 is 11.3 Å². The molecule has 3 aromatic heterocycles. The minimum atomic E-state index is -0.679. The van der Waals surface area contributed by atoms with E-state index in [0.29, 0.717) is 30.4 Å². The van der Waals surface area contributed by atoms with E-state index in [-0.39, 0.29) is 5.97 Å². The van der Waals surface area contributed by atoms with Crippen LogP contribution in [0.2, 0.25) is 0 Å². The molecule has 0 aromatic carbocycles. The summed E-state index contributed by atoms with van der Waals surface area (Å²) >= 11 is 1.55. The summed E-state index contributed by atoms with van der Waals surface area (Å²) in [4.78, 5) is 12.8. The summed E-state index contributed by atoms with van der Waals surface area (Å²) in [6.45, 7) is 3.94. The van der Waals surface area contributed by atoms with Gasteiger partial charge in [0.2, 0.25) is 5.88 Å². The number of fused-ring (bicyclic) bond motifs is 1. The van der Waals surface area contributed by atoms with Crippen molar-refractivity contribution >= 4 is 23.0 Å². The number of nitrogens with zero attached hydrogens (tertiary/aromatic N) is 4. The van der Waals surface area contributed by atoms with Gasteiger partial charge in [0.25, 0.3) is 0 Å². The lowest BCUT2D eigenvalue weighted by molar-refractivity contribution is -0.151. The van der Waals surface area contributed by atoms with Gasteiger partial charge in [-0.25, -0.2) is 4.79 Å². The van der Waals surface area contributed by atoms with Crippen LogP contribution in [-0.2, 0) is 9.53 Å². The molecule has 3 aromatic rings. The van der Waals surface area contributed by atoms with E-state index in [1.807, 2.05) is 24.4 Å². The first kappa shape index (κ1) is 15.4. The van der Waals surface area contributed by atoms with E-state index < -0.39 is 6.10 Å². The Labute approximate surface area is 136 Å². The number of esters is 1. The zero-order valence-corrected chi connectivity index (χ0v) is 13.6. The van der Waals surface area contributed by atoms with Gasteiger partial charge in [-0.1, -0.05) is 13.0 Å². The monoisotopic (exact) mass is 332 g/mol. The summed E-state index contributed by atoms with van der Waals surface area (Å²) < 4.78 is 12.3. The molecule has 0 fully saturated rings. The average molecular weight is 332 g/mol. The molecular formula is C15H16N4O3S. The Balaban J connectivity index is 1.90. The van der Waals surface area contributed by atoms with Gasteiger partial charge in [0.15, 0.2) is 17.6 Å². The summed E-state index contributed by atoms with van der Waals surface area (Å²) in [6, 6.07) is 7.31. The Morgan fingerprint density at radius 3 is 2.87 bits per heavy atom. The molecule has 0 saturated carbocycles. The number of hydrogen-bond donors (Lipinski definition) is 0. The lowest BCUT2D eigenvalue weighted by atomic mass is 10.3. The van der Waals surface area contributed by atoms with Crippen molar-refractivity contribution in [3.8, 4) is 16.6 Å². The molecule has 120 valence electrons. The number of ether oxygens (including phenoxy) is 2. The van der Waals surface area contributed by atoms with Crippen LogP contribution in [0.5, 0.6) is 5.88 Å². The van der Waals surface area contributed by atoms with Crippen molar-refractivity contribution in [1.29, 1.82) is 0 Å². The summed E-state index contributed by atoms with van der Waals surface area (Å²) in [5.74, 6) is 0.582. The molecule has 0 saturated heterocycles. The maximum Gasteiger partial charge on any atom is 0.347 e. The number of aromatic nitrogens is 4. The molecule has 8 heteroatoms. The molecule has 23 heavy (non-hydrogen) atoms. The van der Waals surface area contributed by atoms with E-state index in [1.165, 1.54) is 0 Å². The number of thiophene rings is 1. The van der Waals surface area contributed by atoms with Crippen molar-refractivity contribution in [3.05, 3.63) is 29.6 Å². The van der Waals surface area contributed by atoms with Gasteiger partial charge < -0.3 is 9.47 Å². The third-order valence-corrected chi connectivity index (χ3v) is 4.03. The predicted molar refractivity (Wildman–Crippen MR) is 85.4 cm³/mol. The van der Waals surface area contributed by atoms with Crippen molar-refractivity contribution in [2.75, 3.05) is 6.61 Å². The quantitative estimate of drug-likeness (QED) is 0.646. The minimum absolute atomic E-state index is 0.319. The molecule has 1 atom stereocenters. The fourth-order valence-electron chi connectivity index (χ4n) is 2.07. The Hall–Kier alpha value is -2.48. The summed E-state index contributed by atoms with van der Waals surface area (Å²) in [5.41, 5.74) is 0.616. The van der Waals surface area contributed by atoms with Gasteiger partial charge in [0.1, 0.15) is 0 Å². The van der Waals surface area contributed by atoms with Crippen molar-refractivity contribution in [3.63, 3.8) is 0 Å². The zero-order valence-electron chi connectivity index (χ0n) is 12.8. The van der Waals surface area contributed by atoms with Crippen LogP contribution in [0, 0.1) is 0 Å². The topological polar surface area (TPSA) is 78.6 Å². The third kappa shape index (κ3) is 3.16. The van der Waals surface area contributed by atoms with Gasteiger partial charge in [0.05, 0.1) is 11.5 Å². The molecule has 0 aliphatic carbocycles. The molecule has 3 heterocycles. The first-order valence-corrected chi connectivity index (χ1v) is 8.20. The summed E-state index contributed by atoms with van der Waals surface area (Å²) in [7, 11) is 0. The molecule has 1 unspecified atom stereocenters. The molecule has 0 radical (unpaired) electrons. The van der Waals surface area contributed by atoms with Crippen molar-refractivity contribution in [2.45, 2.75) is 26.4 Å². The largest absolute Gasteiger partial charge is 0.463 e. The molecule has 0 aliphatic rings. The fraction of sp³-hybridized carbons (Fsp3) is 0.333. The van der Waals surface area contributed by atoms with Gasteiger partial charge in [0, 0.05) is 6.07 Å². The maximum absolute atomic E-state index is 11.8. The molecule has 0 bridgehead atoms. The second-order valence-electron chi connectivity index (χ2n) is 4.71. The number of carbonyl (C=O) groups is 1. The molecular weight excluding hydrogens is 316 g/mol. The van der Waals surface area contributed by atoms with Gasteiger partial charge in [-0.05, 0) is 30.9 Å². The van der Waals surface area contributed by atoms with E-state index in [1.54, 1.807) is 34.9 Å². The second kappa shape index (κ2) is 6.74. The van der Waals surface area contributed by atoms with Crippen LogP contribution in [0.15, 0.2) is 29.6 Å². The Kier molecular flexibility index (Phi) is 4.52. The van der Waals surface area contributed by atoms with Crippen LogP contribution in [0.4, 0.5) is 0 Å². The van der Waals surface area contributed by atoms with Gasteiger partial charge in [-0.3, -0.25) is 0 Å². The van der Waals surface area contributed by atoms with E-state index in [0.717, 1.165) is 4.88 Å². The Morgan fingerprint density at radius 1 is 1.30 bits per heavy atom. The molecule has 0 amide bonds. The molecule has 0 aliphatic heterocycles. The highest BCUT2D eigenvalue weighted by atomic mass is 32.1. The number of hydrogen-bond acceptors (Lipinski definition) is 7. The normalized spacial score (nSPS) is 12.3. The van der Waals surface area contributed by atoms with E-state index in [4.69, 9.17) is 9.47 Å². The molecule has 0 N–H and O–H groups in total. The first-order chi connectivity index (χ1) is 11.2. The predicted octanol–water partition coefficient (Wildman–Crippen LogP) is 2.57. The van der Waals surface area contributed by atoms with Crippen LogP contribution in [-0.4, -0.2) is 38.5 Å². The number of rotatable bonds is 6. The van der Waals surface area contributed by atoms with Gasteiger partial charge in [-0.15, -0.1) is 26.6 Å². The van der Waals surface area contributed by atoms with E-state index in [2.05, 4.69) is 15.3 Å². The lowest BCUT2D eigenvalue weighted by Crippen LogP contribution is -2.29. The minimum Gasteiger partial charge on any atom is -0.463 e. The van der Waals surface area contributed by atoms with Gasteiger partial charge in [-0.2, -0.15) is 4.52 Å². The fourth-order valence-corrected chi connectivity index (χ4v) is 2.77. The maximum atomic E-state index is 11.8. The standard InChI is InChI=1S/C15H16N4O3S/c1-3-10(15(20)21-4-2)22-13-8-7-12-16-17-14(19(12)18-13)11-6-5-9-23-11/h5-10H,3-4H2,1-2H3.